The summed E-state index contributed by atoms with van der Waals surface area (Å²) >= 11 is 1.17. The van der Waals surface area contributed by atoms with E-state index in [9.17, 15) is 9.18 Å². The quantitative estimate of drug-likeness (QED) is 0.852. The molecule has 2 rings (SSSR count). The molecule has 0 bridgehead atoms. The molecule has 0 atom stereocenters. The number of aliphatic carboxylic acids is 1. The topological polar surface area (TPSA) is 50.2 Å². The second-order valence-electron chi connectivity index (χ2n) is 3.58. The molecular formula is C12H10FNO2S. The molecule has 17 heavy (non-hydrogen) atoms. The molecule has 0 fully saturated rings. The predicted molar refractivity (Wildman–Crippen MR) is 64.8 cm³/mol. The van der Waals surface area contributed by atoms with Gasteiger partial charge in [-0.3, -0.25) is 4.79 Å². The van der Waals surface area contributed by atoms with Crippen LogP contribution in [0.5, 0.6) is 0 Å². The van der Waals surface area contributed by atoms with Gasteiger partial charge in [-0.15, -0.1) is 11.8 Å². The molecule has 0 unspecified atom stereocenters. The van der Waals surface area contributed by atoms with E-state index in [0.29, 0.717) is 16.6 Å². The van der Waals surface area contributed by atoms with Crippen molar-refractivity contribution in [2.24, 2.45) is 0 Å². The zero-order valence-electron chi connectivity index (χ0n) is 9.11. The van der Waals surface area contributed by atoms with Gasteiger partial charge in [0.25, 0.3) is 0 Å². The van der Waals surface area contributed by atoms with Crippen LogP contribution in [0.25, 0.3) is 10.9 Å². The van der Waals surface area contributed by atoms with Crippen LogP contribution in [-0.2, 0) is 4.79 Å². The zero-order valence-corrected chi connectivity index (χ0v) is 9.92. The number of halogens is 1. The summed E-state index contributed by atoms with van der Waals surface area (Å²) in [5.41, 5.74) is 0.968. The summed E-state index contributed by atoms with van der Waals surface area (Å²) in [7, 11) is 0. The van der Waals surface area contributed by atoms with Gasteiger partial charge in [0.2, 0.25) is 0 Å². The molecule has 1 N–H and O–H groups in total. The number of aryl methyl sites for hydroxylation is 1. The number of hydrogen-bond donors (Lipinski definition) is 1. The number of carboxylic acid groups (broad SMARTS) is 1. The summed E-state index contributed by atoms with van der Waals surface area (Å²) in [5, 5.41) is 9.31. The third-order valence-corrected chi connectivity index (χ3v) is 3.27. The van der Waals surface area contributed by atoms with Gasteiger partial charge >= 0.3 is 5.97 Å². The standard InChI is InChI=1S/C12H10FNO2S/c1-7-5-10(17-6-11(15)16)8-3-2-4-9(13)12(8)14-7/h2-5H,6H2,1H3,(H,15,16). The van der Waals surface area contributed by atoms with E-state index < -0.39 is 5.97 Å². The van der Waals surface area contributed by atoms with Gasteiger partial charge in [0.05, 0.1) is 5.75 Å². The second kappa shape index (κ2) is 4.71. The average Bonchev–Trinajstić information content (AvgIpc) is 2.27. The number of aromatic nitrogens is 1. The van der Waals surface area contributed by atoms with Crippen LogP contribution in [0.1, 0.15) is 5.69 Å². The number of hydrogen-bond acceptors (Lipinski definition) is 3. The molecule has 5 heteroatoms. The van der Waals surface area contributed by atoms with Crippen LogP contribution < -0.4 is 0 Å². The van der Waals surface area contributed by atoms with E-state index >= 15 is 0 Å². The highest BCUT2D eigenvalue weighted by atomic mass is 32.2. The molecule has 0 spiro atoms. The first-order chi connectivity index (χ1) is 8.08. The lowest BCUT2D eigenvalue weighted by Gasteiger charge is -2.06. The molecule has 0 radical (unpaired) electrons. The van der Waals surface area contributed by atoms with Gasteiger partial charge < -0.3 is 5.11 Å². The van der Waals surface area contributed by atoms with Crippen LogP contribution in [0.3, 0.4) is 0 Å². The summed E-state index contributed by atoms with van der Waals surface area (Å²) in [6, 6.07) is 6.46. The molecule has 1 heterocycles. The Labute approximate surface area is 102 Å². The van der Waals surface area contributed by atoms with Crippen molar-refractivity contribution in [2.75, 3.05) is 5.75 Å². The first-order valence-corrected chi connectivity index (χ1v) is 5.97. The summed E-state index contributed by atoms with van der Waals surface area (Å²) in [4.78, 5) is 15.4. The maximum Gasteiger partial charge on any atom is 0.313 e. The minimum Gasteiger partial charge on any atom is -0.481 e. The van der Waals surface area contributed by atoms with Gasteiger partial charge in [-0.1, -0.05) is 12.1 Å². The van der Waals surface area contributed by atoms with Crippen LogP contribution in [0.2, 0.25) is 0 Å². The number of carbonyl (C=O) groups is 1. The Morgan fingerprint density at radius 3 is 3.00 bits per heavy atom. The van der Waals surface area contributed by atoms with E-state index in [2.05, 4.69) is 4.98 Å². The molecular weight excluding hydrogens is 241 g/mol. The minimum absolute atomic E-state index is 0.0466. The molecule has 0 amide bonds. The molecule has 0 saturated heterocycles. The predicted octanol–water partition coefficient (Wildman–Crippen LogP) is 2.86. The van der Waals surface area contributed by atoms with Gasteiger partial charge in [-0.05, 0) is 19.1 Å². The van der Waals surface area contributed by atoms with Gasteiger partial charge in [0, 0.05) is 16.0 Å². The van der Waals surface area contributed by atoms with E-state index in [0.717, 1.165) is 4.90 Å². The van der Waals surface area contributed by atoms with Crippen molar-refractivity contribution in [1.82, 2.24) is 4.98 Å². The molecule has 3 nitrogen and oxygen atoms in total. The van der Waals surface area contributed by atoms with E-state index in [4.69, 9.17) is 5.11 Å². The third-order valence-electron chi connectivity index (χ3n) is 2.23. The number of pyridine rings is 1. The summed E-state index contributed by atoms with van der Waals surface area (Å²) in [6.07, 6.45) is 0. The molecule has 1 aromatic carbocycles. The summed E-state index contributed by atoms with van der Waals surface area (Å²) in [6.45, 7) is 1.76. The first-order valence-electron chi connectivity index (χ1n) is 4.98. The average molecular weight is 251 g/mol. The fourth-order valence-corrected chi connectivity index (χ4v) is 2.42. The fourth-order valence-electron chi connectivity index (χ4n) is 1.56. The number of rotatable bonds is 3. The van der Waals surface area contributed by atoms with Crippen LogP contribution in [-0.4, -0.2) is 21.8 Å². The lowest BCUT2D eigenvalue weighted by molar-refractivity contribution is -0.133. The highest BCUT2D eigenvalue weighted by Gasteiger charge is 2.09. The highest BCUT2D eigenvalue weighted by molar-refractivity contribution is 8.00. The second-order valence-corrected chi connectivity index (χ2v) is 4.60. The summed E-state index contributed by atoms with van der Waals surface area (Å²) in [5.74, 6) is -1.33. The normalized spacial score (nSPS) is 10.7. The van der Waals surface area contributed by atoms with Crippen molar-refractivity contribution >= 4 is 28.6 Å². The molecule has 0 aliphatic heterocycles. The lowest BCUT2D eigenvalue weighted by Crippen LogP contribution is -1.98. The highest BCUT2D eigenvalue weighted by Crippen LogP contribution is 2.28. The monoisotopic (exact) mass is 251 g/mol. The van der Waals surface area contributed by atoms with Crippen molar-refractivity contribution in [3.8, 4) is 0 Å². The molecule has 0 aliphatic carbocycles. The van der Waals surface area contributed by atoms with Crippen LogP contribution in [0.4, 0.5) is 4.39 Å². The molecule has 88 valence electrons. The Morgan fingerprint density at radius 2 is 2.29 bits per heavy atom. The van der Waals surface area contributed by atoms with Crippen molar-refractivity contribution < 1.29 is 14.3 Å². The molecule has 1 aromatic heterocycles. The first kappa shape index (κ1) is 11.9. The van der Waals surface area contributed by atoms with Crippen LogP contribution in [0.15, 0.2) is 29.2 Å². The Balaban J connectivity index is 2.54. The number of benzene rings is 1. The van der Waals surface area contributed by atoms with E-state index in [1.165, 1.54) is 17.8 Å². The lowest BCUT2D eigenvalue weighted by atomic mass is 10.2. The van der Waals surface area contributed by atoms with Gasteiger partial charge in [0.1, 0.15) is 11.3 Å². The maximum absolute atomic E-state index is 13.6. The third kappa shape index (κ3) is 2.55. The van der Waals surface area contributed by atoms with E-state index in [1.807, 2.05) is 0 Å². The summed E-state index contributed by atoms with van der Waals surface area (Å²) < 4.78 is 13.6. The Kier molecular flexibility index (Phi) is 3.28. The zero-order chi connectivity index (χ0) is 12.4. The Hall–Kier alpha value is -1.62. The van der Waals surface area contributed by atoms with Crippen LogP contribution >= 0.6 is 11.8 Å². The Morgan fingerprint density at radius 1 is 1.53 bits per heavy atom. The number of thioether (sulfide) groups is 1. The Bertz CT molecular complexity index is 586. The number of para-hydroxylation sites is 1. The number of fused-ring (bicyclic) bond motifs is 1. The smallest absolute Gasteiger partial charge is 0.313 e. The molecule has 0 aliphatic rings. The van der Waals surface area contributed by atoms with E-state index in [-0.39, 0.29) is 11.6 Å². The van der Waals surface area contributed by atoms with Crippen molar-refractivity contribution in [3.63, 3.8) is 0 Å². The SMILES string of the molecule is Cc1cc(SCC(=O)O)c2cccc(F)c2n1. The minimum atomic E-state index is -0.894. The van der Waals surface area contributed by atoms with Crippen molar-refractivity contribution in [3.05, 3.63) is 35.8 Å². The number of carboxylic acids is 1. The van der Waals surface area contributed by atoms with Crippen molar-refractivity contribution in [1.29, 1.82) is 0 Å². The molecule has 0 saturated carbocycles. The van der Waals surface area contributed by atoms with Crippen LogP contribution in [0, 0.1) is 12.7 Å². The van der Waals surface area contributed by atoms with Gasteiger partial charge in [0.15, 0.2) is 0 Å². The van der Waals surface area contributed by atoms with Crippen molar-refractivity contribution in [2.45, 2.75) is 11.8 Å². The largest absolute Gasteiger partial charge is 0.481 e. The van der Waals surface area contributed by atoms with Gasteiger partial charge in [-0.2, -0.15) is 0 Å². The molecule has 2 aromatic rings. The maximum atomic E-state index is 13.6. The van der Waals surface area contributed by atoms with Gasteiger partial charge in [-0.25, -0.2) is 9.37 Å². The van der Waals surface area contributed by atoms with E-state index in [1.54, 1.807) is 25.1 Å². The fraction of sp³-hybridized carbons (Fsp3) is 0.167. The number of nitrogens with zero attached hydrogens (tertiary/aromatic N) is 1.